The summed E-state index contributed by atoms with van der Waals surface area (Å²) in [6.07, 6.45) is -4.08. The second-order valence-corrected chi connectivity index (χ2v) is 6.73. The fraction of sp³-hybridized carbons (Fsp3) is 0.389. The van der Waals surface area contributed by atoms with Crippen LogP contribution < -0.4 is 20.7 Å². The van der Waals surface area contributed by atoms with Crippen molar-refractivity contribution in [2.45, 2.75) is 12.6 Å². The smallest absolute Gasteiger partial charge is 0.434 e. The molecule has 3 N–H and O–H groups in total. The zero-order chi connectivity index (χ0) is 21.3. The minimum atomic E-state index is -4.42. The topological polar surface area (TPSA) is 87.6 Å². The number of methoxy groups -OCH3 is 1. The van der Waals surface area contributed by atoms with E-state index in [1.165, 1.54) is 7.11 Å². The standard InChI is InChI=1S/C18H22F3N5O2S.HI/c1-22-17(24-7-6-15-26-14(11-29-15)18(19,20)21)25-9-8-23-16(27)12-4-3-5-13(10-12)28-2;/h3-5,10-11H,6-9H2,1-2H3,(H,23,27)(H2,22,24,25);1H. The van der Waals surface area contributed by atoms with Crippen LogP contribution in [0.5, 0.6) is 5.75 Å². The van der Waals surface area contributed by atoms with Crippen molar-refractivity contribution >= 4 is 47.2 Å². The first-order valence-corrected chi connectivity index (χ1v) is 9.60. The third-order valence-corrected chi connectivity index (χ3v) is 4.64. The molecule has 1 aromatic heterocycles. The summed E-state index contributed by atoms with van der Waals surface area (Å²) in [5.74, 6) is 0.856. The van der Waals surface area contributed by atoms with E-state index in [1.807, 2.05) is 0 Å². The summed E-state index contributed by atoms with van der Waals surface area (Å²) >= 11 is 0.973. The number of benzene rings is 1. The molecular formula is C18H23F3IN5O2S. The predicted octanol–water partition coefficient (Wildman–Crippen LogP) is 2.93. The Morgan fingerprint density at radius 1 is 1.20 bits per heavy atom. The van der Waals surface area contributed by atoms with Gasteiger partial charge in [-0.05, 0) is 18.2 Å². The molecule has 0 aliphatic rings. The van der Waals surface area contributed by atoms with Gasteiger partial charge in [-0.25, -0.2) is 4.98 Å². The zero-order valence-corrected chi connectivity index (χ0v) is 19.5. The van der Waals surface area contributed by atoms with Gasteiger partial charge >= 0.3 is 6.18 Å². The first kappa shape index (κ1) is 25.9. The Bertz CT molecular complexity index is 845. The SMILES string of the molecule is CN=C(NCCNC(=O)c1cccc(OC)c1)NCCc1nc(C(F)(F)F)cs1.I. The van der Waals surface area contributed by atoms with Crippen molar-refractivity contribution in [3.05, 3.63) is 45.9 Å². The van der Waals surface area contributed by atoms with Gasteiger partial charge in [-0.15, -0.1) is 35.3 Å². The lowest BCUT2D eigenvalue weighted by atomic mass is 10.2. The highest BCUT2D eigenvalue weighted by Crippen LogP contribution is 2.29. The summed E-state index contributed by atoms with van der Waals surface area (Å²) in [5, 5.41) is 10.2. The summed E-state index contributed by atoms with van der Waals surface area (Å²) in [6.45, 7) is 1.16. The normalized spacial score (nSPS) is 11.4. The number of aliphatic imine (C=N–C) groups is 1. The molecule has 0 aliphatic carbocycles. The van der Waals surface area contributed by atoms with Crippen molar-refractivity contribution in [1.29, 1.82) is 0 Å². The molecule has 7 nitrogen and oxygen atoms in total. The number of rotatable bonds is 8. The molecule has 0 aliphatic heterocycles. The number of nitrogens with one attached hydrogen (secondary N) is 3. The summed E-state index contributed by atoms with van der Waals surface area (Å²) in [6, 6.07) is 6.82. The van der Waals surface area contributed by atoms with Crippen LogP contribution >= 0.6 is 35.3 Å². The number of guanidine groups is 1. The zero-order valence-electron chi connectivity index (χ0n) is 16.4. The van der Waals surface area contributed by atoms with E-state index in [0.717, 1.165) is 16.7 Å². The Morgan fingerprint density at radius 3 is 2.53 bits per heavy atom. The third-order valence-electron chi connectivity index (χ3n) is 3.73. The summed E-state index contributed by atoms with van der Waals surface area (Å²) in [7, 11) is 3.11. The summed E-state index contributed by atoms with van der Waals surface area (Å²) in [5.41, 5.74) is -0.375. The molecule has 0 spiro atoms. The van der Waals surface area contributed by atoms with Crippen LogP contribution in [0.4, 0.5) is 13.2 Å². The maximum absolute atomic E-state index is 12.5. The fourth-order valence-corrected chi connectivity index (χ4v) is 3.09. The lowest BCUT2D eigenvalue weighted by molar-refractivity contribution is -0.140. The maximum Gasteiger partial charge on any atom is 0.434 e. The number of hydrogen-bond acceptors (Lipinski definition) is 5. The number of carbonyl (C=O) groups excluding carboxylic acids is 1. The van der Waals surface area contributed by atoms with E-state index in [2.05, 4.69) is 25.9 Å². The number of aromatic nitrogens is 1. The Labute approximate surface area is 193 Å². The molecule has 0 fully saturated rings. The highest BCUT2D eigenvalue weighted by molar-refractivity contribution is 14.0. The van der Waals surface area contributed by atoms with E-state index in [-0.39, 0.29) is 29.9 Å². The van der Waals surface area contributed by atoms with Crippen LogP contribution in [0.1, 0.15) is 21.1 Å². The number of alkyl halides is 3. The largest absolute Gasteiger partial charge is 0.497 e. The van der Waals surface area contributed by atoms with Crippen molar-refractivity contribution < 1.29 is 22.7 Å². The number of thiazole rings is 1. The summed E-state index contributed by atoms with van der Waals surface area (Å²) < 4.78 is 42.7. The molecule has 1 amide bonds. The van der Waals surface area contributed by atoms with E-state index >= 15 is 0 Å². The van der Waals surface area contributed by atoms with E-state index in [0.29, 0.717) is 48.3 Å². The highest BCUT2D eigenvalue weighted by Gasteiger charge is 2.33. The Hall–Kier alpha value is -2.09. The van der Waals surface area contributed by atoms with E-state index < -0.39 is 11.9 Å². The Balaban J connectivity index is 0.00000450. The Morgan fingerprint density at radius 2 is 1.90 bits per heavy atom. The molecule has 2 rings (SSSR count). The average Bonchev–Trinajstić information content (AvgIpc) is 3.19. The number of carbonyl (C=O) groups is 1. The molecular weight excluding hydrogens is 534 g/mol. The van der Waals surface area contributed by atoms with Crippen molar-refractivity contribution in [1.82, 2.24) is 20.9 Å². The van der Waals surface area contributed by atoms with Gasteiger partial charge in [0.1, 0.15) is 5.75 Å². The van der Waals surface area contributed by atoms with E-state index in [4.69, 9.17) is 4.74 Å². The van der Waals surface area contributed by atoms with Crippen LogP contribution in [0.15, 0.2) is 34.6 Å². The first-order valence-electron chi connectivity index (χ1n) is 8.72. The van der Waals surface area contributed by atoms with Gasteiger partial charge in [0.15, 0.2) is 11.7 Å². The molecule has 0 bridgehead atoms. The monoisotopic (exact) mass is 557 g/mol. The van der Waals surface area contributed by atoms with E-state index in [1.54, 1.807) is 31.3 Å². The number of nitrogens with zero attached hydrogens (tertiary/aromatic N) is 2. The third kappa shape index (κ3) is 8.34. The van der Waals surface area contributed by atoms with Gasteiger partial charge < -0.3 is 20.7 Å². The minimum absolute atomic E-state index is 0. The van der Waals surface area contributed by atoms with Crippen LogP contribution in [0.25, 0.3) is 0 Å². The molecule has 1 heterocycles. The van der Waals surface area contributed by atoms with Crippen molar-refractivity contribution in [2.24, 2.45) is 4.99 Å². The van der Waals surface area contributed by atoms with Crippen molar-refractivity contribution in [3.63, 3.8) is 0 Å². The van der Waals surface area contributed by atoms with E-state index in [9.17, 15) is 18.0 Å². The average molecular weight is 557 g/mol. The maximum atomic E-state index is 12.5. The number of hydrogen-bond donors (Lipinski definition) is 3. The molecule has 1 aromatic carbocycles. The number of amides is 1. The van der Waals surface area contributed by atoms with Crippen molar-refractivity contribution in [2.75, 3.05) is 33.8 Å². The first-order chi connectivity index (χ1) is 13.8. The van der Waals surface area contributed by atoms with Gasteiger partial charge in [-0.3, -0.25) is 9.79 Å². The minimum Gasteiger partial charge on any atom is -0.497 e. The molecule has 12 heteroatoms. The number of halogens is 4. The molecule has 0 radical (unpaired) electrons. The van der Waals surface area contributed by atoms with Gasteiger partial charge in [-0.2, -0.15) is 13.2 Å². The van der Waals surface area contributed by atoms with Crippen LogP contribution in [-0.2, 0) is 12.6 Å². The highest BCUT2D eigenvalue weighted by atomic mass is 127. The molecule has 0 saturated heterocycles. The van der Waals surface area contributed by atoms with Gasteiger partial charge in [0.05, 0.1) is 12.1 Å². The number of ether oxygens (including phenoxy) is 1. The predicted molar refractivity (Wildman–Crippen MR) is 121 cm³/mol. The van der Waals surface area contributed by atoms with Gasteiger partial charge in [0.25, 0.3) is 5.91 Å². The van der Waals surface area contributed by atoms with Crippen molar-refractivity contribution in [3.8, 4) is 5.75 Å². The molecule has 0 atom stereocenters. The van der Waals surface area contributed by atoms with Gasteiger partial charge in [0, 0.05) is 44.0 Å². The Kier molecular flexibility index (Phi) is 10.9. The molecule has 30 heavy (non-hydrogen) atoms. The molecule has 166 valence electrons. The lowest BCUT2D eigenvalue weighted by Crippen LogP contribution is -2.42. The van der Waals surface area contributed by atoms with Gasteiger partial charge in [-0.1, -0.05) is 6.07 Å². The van der Waals surface area contributed by atoms with Crippen LogP contribution in [0.2, 0.25) is 0 Å². The second-order valence-electron chi connectivity index (χ2n) is 5.79. The molecule has 2 aromatic rings. The van der Waals surface area contributed by atoms with Gasteiger partial charge in [0.2, 0.25) is 0 Å². The summed E-state index contributed by atoms with van der Waals surface area (Å²) in [4.78, 5) is 19.7. The van der Waals surface area contributed by atoms with Crippen LogP contribution in [0.3, 0.4) is 0 Å². The van der Waals surface area contributed by atoms with Crippen LogP contribution in [-0.4, -0.2) is 50.6 Å². The lowest BCUT2D eigenvalue weighted by Gasteiger charge is -2.12. The molecule has 0 saturated carbocycles. The second kappa shape index (κ2) is 12.6. The molecule has 0 unspecified atom stereocenters. The quantitative estimate of drug-likeness (QED) is 0.201. The van der Waals surface area contributed by atoms with Crippen LogP contribution in [0, 0.1) is 0 Å². The fourth-order valence-electron chi connectivity index (χ4n) is 2.29.